The highest BCUT2D eigenvalue weighted by Gasteiger charge is 2.14. The lowest BCUT2D eigenvalue weighted by Crippen LogP contribution is -2.14. The van der Waals surface area contributed by atoms with Gasteiger partial charge in [0.05, 0.1) is 21.4 Å². The molecule has 2 N–H and O–H groups in total. The molecule has 2 rings (SSSR count). The summed E-state index contributed by atoms with van der Waals surface area (Å²) in [6, 6.07) is 5.70. The van der Waals surface area contributed by atoms with Crippen LogP contribution in [0.2, 0.25) is 10.0 Å². The van der Waals surface area contributed by atoms with E-state index in [0.717, 1.165) is 22.6 Å². The summed E-state index contributed by atoms with van der Waals surface area (Å²) < 4.78 is 0. The van der Waals surface area contributed by atoms with Gasteiger partial charge in [-0.3, -0.25) is 0 Å². The molecule has 0 radical (unpaired) electrons. The van der Waals surface area contributed by atoms with Gasteiger partial charge in [-0.25, -0.2) is 4.98 Å². The SMILES string of the molecule is Cc1cc(N)c(Cl)c(N(C)c2ncc(Cl)cc2C)c1. The van der Waals surface area contributed by atoms with Crippen LogP contribution in [0, 0.1) is 13.8 Å². The number of nitrogens with zero attached hydrogens (tertiary/aromatic N) is 2. The van der Waals surface area contributed by atoms with Crippen LogP contribution in [0.4, 0.5) is 17.2 Å². The third kappa shape index (κ3) is 2.77. The average molecular weight is 296 g/mol. The van der Waals surface area contributed by atoms with Gasteiger partial charge in [0.1, 0.15) is 5.82 Å². The molecule has 3 nitrogen and oxygen atoms in total. The summed E-state index contributed by atoms with van der Waals surface area (Å²) in [5.74, 6) is 0.802. The van der Waals surface area contributed by atoms with Crippen molar-refractivity contribution in [1.82, 2.24) is 4.98 Å². The maximum Gasteiger partial charge on any atom is 0.135 e. The van der Waals surface area contributed by atoms with Crippen molar-refractivity contribution in [2.24, 2.45) is 0 Å². The summed E-state index contributed by atoms with van der Waals surface area (Å²) in [5, 5.41) is 1.15. The van der Waals surface area contributed by atoms with E-state index in [0.29, 0.717) is 15.7 Å². The second kappa shape index (κ2) is 5.27. The Morgan fingerprint density at radius 3 is 2.47 bits per heavy atom. The highest BCUT2D eigenvalue weighted by Crippen LogP contribution is 2.36. The molecule has 0 amide bonds. The first-order valence-electron chi connectivity index (χ1n) is 5.81. The van der Waals surface area contributed by atoms with Gasteiger partial charge < -0.3 is 10.6 Å². The topological polar surface area (TPSA) is 42.1 Å². The van der Waals surface area contributed by atoms with Crippen LogP contribution >= 0.6 is 23.2 Å². The number of nitrogen functional groups attached to an aromatic ring is 1. The summed E-state index contributed by atoms with van der Waals surface area (Å²) in [4.78, 5) is 6.26. The highest BCUT2D eigenvalue weighted by atomic mass is 35.5. The molecule has 0 bridgehead atoms. The van der Waals surface area contributed by atoms with Gasteiger partial charge in [-0.05, 0) is 43.2 Å². The first-order valence-corrected chi connectivity index (χ1v) is 6.57. The van der Waals surface area contributed by atoms with Crippen LogP contribution in [-0.4, -0.2) is 12.0 Å². The van der Waals surface area contributed by atoms with Crippen molar-refractivity contribution in [3.8, 4) is 0 Å². The predicted octanol–water partition coefficient (Wildman–Crippen LogP) is 4.36. The fourth-order valence-corrected chi connectivity index (χ4v) is 2.47. The van der Waals surface area contributed by atoms with Crippen molar-refractivity contribution in [1.29, 1.82) is 0 Å². The number of hydrogen-bond acceptors (Lipinski definition) is 3. The van der Waals surface area contributed by atoms with Crippen molar-refractivity contribution < 1.29 is 0 Å². The fraction of sp³-hybridized carbons (Fsp3) is 0.214. The van der Waals surface area contributed by atoms with E-state index in [1.165, 1.54) is 0 Å². The molecule has 0 aliphatic rings. The lowest BCUT2D eigenvalue weighted by Gasteiger charge is -2.22. The minimum atomic E-state index is 0.532. The first kappa shape index (κ1) is 14.0. The summed E-state index contributed by atoms with van der Waals surface area (Å²) in [6.45, 7) is 3.93. The van der Waals surface area contributed by atoms with E-state index < -0.39 is 0 Å². The Labute approximate surface area is 123 Å². The summed E-state index contributed by atoms with van der Waals surface area (Å²) in [6.07, 6.45) is 1.62. The zero-order valence-corrected chi connectivity index (χ0v) is 12.5. The molecule has 0 saturated carbocycles. The molecular weight excluding hydrogens is 281 g/mol. The van der Waals surface area contributed by atoms with Crippen LogP contribution in [0.15, 0.2) is 24.4 Å². The number of rotatable bonds is 2. The monoisotopic (exact) mass is 295 g/mol. The lowest BCUT2D eigenvalue weighted by molar-refractivity contribution is 1.10. The van der Waals surface area contributed by atoms with Gasteiger partial charge in [0.15, 0.2) is 0 Å². The van der Waals surface area contributed by atoms with Crippen molar-refractivity contribution in [2.45, 2.75) is 13.8 Å². The maximum atomic E-state index is 6.27. The molecule has 0 fully saturated rings. The van der Waals surface area contributed by atoms with E-state index in [4.69, 9.17) is 28.9 Å². The van der Waals surface area contributed by atoms with E-state index in [2.05, 4.69) is 4.98 Å². The van der Waals surface area contributed by atoms with Gasteiger partial charge in [0, 0.05) is 13.2 Å². The van der Waals surface area contributed by atoms with Crippen LogP contribution in [0.1, 0.15) is 11.1 Å². The third-order valence-electron chi connectivity index (χ3n) is 2.92. The Morgan fingerprint density at radius 1 is 1.16 bits per heavy atom. The molecule has 1 aromatic carbocycles. The van der Waals surface area contributed by atoms with Gasteiger partial charge in [-0.15, -0.1) is 0 Å². The maximum absolute atomic E-state index is 6.27. The van der Waals surface area contributed by atoms with Gasteiger partial charge in [0.2, 0.25) is 0 Å². The lowest BCUT2D eigenvalue weighted by atomic mass is 10.1. The number of aromatic nitrogens is 1. The van der Waals surface area contributed by atoms with Gasteiger partial charge in [-0.1, -0.05) is 23.2 Å². The summed E-state index contributed by atoms with van der Waals surface area (Å²) in [5.41, 5.74) is 9.32. The fourth-order valence-electron chi connectivity index (χ4n) is 2.02. The number of nitrogens with two attached hydrogens (primary N) is 1. The first-order chi connectivity index (χ1) is 8.90. The van der Waals surface area contributed by atoms with Crippen LogP contribution in [0.25, 0.3) is 0 Å². The largest absolute Gasteiger partial charge is 0.397 e. The molecule has 19 heavy (non-hydrogen) atoms. The number of benzene rings is 1. The number of anilines is 3. The average Bonchev–Trinajstić information content (AvgIpc) is 2.33. The van der Waals surface area contributed by atoms with Crippen LogP contribution in [0.3, 0.4) is 0 Å². The van der Waals surface area contributed by atoms with E-state index in [9.17, 15) is 0 Å². The molecule has 0 aliphatic carbocycles. The zero-order valence-electron chi connectivity index (χ0n) is 11.0. The molecule has 1 heterocycles. The molecule has 0 spiro atoms. The normalized spacial score (nSPS) is 10.6. The molecule has 5 heteroatoms. The van der Waals surface area contributed by atoms with Crippen molar-refractivity contribution in [3.05, 3.63) is 45.6 Å². The second-order valence-corrected chi connectivity index (χ2v) is 5.35. The number of hydrogen-bond donors (Lipinski definition) is 1. The standard InChI is InChI=1S/C14H15Cl2N3/c1-8-4-11(17)13(16)12(5-8)19(3)14-9(2)6-10(15)7-18-14/h4-7H,17H2,1-3H3. The Hall–Kier alpha value is -1.45. The molecule has 2 aromatic rings. The van der Waals surface area contributed by atoms with Crippen molar-refractivity contribution >= 4 is 40.4 Å². The third-order valence-corrected chi connectivity index (χ3v) is 3.54. The predicted molar refractivity (Wildman–Crippen MR) is 82.6 cm³/mol. The Bertz CT molecular complexity index is 626. The van der Waals surface area contributed by atoms with Gasteiger partial charge >= 0.3 is 0 Å². The summed E-state index contributed by atoms with van der Waals surface area (Å²) in [7, 11) is 1.91. The second-order valence-electron chi connectivity index (χ2n) is 4.54. The minimum absolute atomic E-state index is 0.532. The molecule has 0 aliphatic heterocycles. The van der Waals surface area contributed by atoms with Crippen molar-refractivity contribution in [2.75, 3.05) is 17.7 Å². The van der Waals surface area contributed by atoms with Crippen LogP contribution in [0.5, 0.6) is 0 Å². The van der Waals surface area contributed by atoms with Crippen molar-refractivity contribution in [3.63, 3.8) is 0 Å². The molecule has 100 valence electrons. The molecule has 1 aromatic heterocycles. The number of aryl methyl sites for hydroxylation is 2. The molecule has 0 saturated heterocycles. The Balaban J connectivity index is 2.52. The molecule has 0 unspecified atom stereocenters. The Kier molecular flexibility index (Phi) is 3.88. The van der Waals surface area contributed by atoms with E-state index >= 15 is 0 Å². The minimum Gasteiger partial charge on any atom is -0.397 e. The molecule has 0 atom stereocenters. The van der Waals surface area contributed by atoms with Crippen LogP contribution in [-0.2, 0) is 0 Å². The molecular formula is C14H15Cl2N3. The van der Waals surface area contributed by atoms with Crippen LogP contribution < -0.4 is 10.6 Å². The van der Waals surface area contributed by atoms with Gasteiger partial charge in [-0.2, -0.15) is 0 Å². The quantitative estimate of drug-likeness (QED) is 0.837. The highest BCUT2D eigenvalue weighted by molar-refractivity contribution is 6.36. The number of pyridine rings is 1. The van der Waals surface area contributed by atoms with E-state index in [1.807, 2.05) is 44.0 Å². The van der Waals surface area contributed by atoms with Gasteiger partial charge in [0.25, 0.3) is 0 Å². The Morgan fingerprint density at radius 2 is 1.84 bits per heavy atom. The zero-order chi connectivity index (χ0) is 14.2. The smallest absolute Gasteiger partial charge is 0.135 e. The summed E-state index contributed by atoms with van der Waals surface area (Å²) >= 11 is 12.2. The van der Waals surface area contributed by atoms with E-state index in [1.54, 1.807) is 6.20 Å². The number of halogens is 2. The van der Waals surface area contributed by atoms with E-state index in [-0.39, 0.29) is 0 Å².